The lowest BCUT2D eigenvalue weighted by atomic mass is 10.1. The second-order valence-electron chi connectivity index (χ2n) is 6.99. The van der Waals surface area contributed by atoms with Crippen LogP contribution in [0.1, 0.15) is 24.1 Å². The molecule has 26 heavy (non-hydrogen) atoms. The molecule has 0 saturated heterocycles. The maximum absolute atomic E-state index is 12.5. The van der Waals surface area contributed by atoms with Gasteiger partial charge in [0, 0.05) is 25.3 Å². The highest BCUT2D eigenvalue weighted by atomic mass is 16.1. The largest absolute Gasteiger partial charge is 0.339 e. The lowest BCUT2D eigenvalue weighted by Crippen LogP contribution is -2.25. The Kier molecular flexibility index (Phi) is 3.96. The number of fused-ring (bicyclic) bond motifs is 1. The summed E-state index contributed by atoms with van der Waals surface area (Å²) in [7, 11) is 1.74. The third kappa shape index (κ3) is 2.95. The number of nitriles is 1. The zero-order chi connectivity index (χ0) is 18.3. The normalized spacial score (nSPS) is 13.6. The number of aryl methyl sites for hydroxylation is 2. The van der Waals surface area contributed by atoms with Crippen LogP contribution in [0.4, 0.5) is 11.4 Å². The van der Waals surface area contributed by atoms with Crippen molar-refractivity contribution in [2.24, 2.45) is 13.0 Å². The zero-order valence-corrected chi connectivity index (χ0v) is 14.9. The van der Waals surface area contributed by atoms with Gasteiger partial charge in [-0.15, -0.1) is 0 Å². The number of aromatic nitrogens is 2. The molecule has 0 N–H and O–H groups in total. The van der Waals surface area contributed by atoms with Crippen LogP contribution in [0.25, 0.3) is 11.0 Å². The molecule has 3 aromatic rings. The van der Waals surface area contributed by atoms with E-state index in [1.807, 2.05) is 0 Å². The third-order valence-corrected chi connectivity index (χ3v) is 4.96. The van der Waals surface area contributed by atoms with Crippen molar-refractivity contribution in [1.82, 2.24) is 9.55 Å². The first-order chi connectivity index (χ1) is 12.6. The highest BCUT2D eigenvalue weighted by molar-refractivity contribution is 5.91. The van der Waals surface area contributed by atoms with E-state index in [2.05, 4.69) is 47.1 Å². The van der Waals surface area contributed by atoms with Gasteiger partial charge in [-0.25, -0.2) is 4.98 Å². The first-order valence-electron chi connectivity index (χ1n) is 8.82. The van der Waals surface area contributed by atoms with Gasteiger partial charge < -0.3 is 9.47 Å². The van der Waals surface area contributed by atoms with Crippen LogP contribution >= 0.6 is 0 Å². The van der Waals surface area contributed by atoms with Crippen molar-refractivity contribution in [3.05, 3.63) is 64.1 Å². The Morgan fingerprint density at radius 3 is 2.62 bits per heavy atom. The summed E-state index contributed by atoms with van der Waals surface area (Å²) in [5, 5.41) is 9.26. The number of hydrogen-bond acceptors (Lipinski definition) is 4. The Hall–Kier alpha value is -3.13. The molecule has 5 nitrogen and oxygen atoms in total. The maximum Gasteiger partial charge on any atom is 0.252 e. The molecule has 2 heterocycles. The Labute approximate surface area is 152 Å². The fourth-order valence-electron chi connectivity index (χ4n) is 3.21. The lowest BCUT2D eigenvalue weighted by molar-refractivity contribution is 0.810. The van der Waals surface area contributed by atoms with Crippen LogP contribution in [0, 0.1) is 24.2 Å². The van der Waals surface area contributed by atoms with Crippen molar-refractivity contribution in [2.75, 3.05) is 11.4 Å². The van der Waals surface area contributed by atoms with E-state index >= 15 is 0 Å². The summed E-state index contributed by atoms with van der Waals surface area (Å²) in [6.07, 6.45) is 2.42. The Morgan fingerprint density at radius 2 is 1.96 bits per heavy atom. The van der Waals surface area contributed by atoms with Crippen LogP contribution in [-0.2, 0) is 7.05 Å². The molecule has 5 heteroatoms. The van der Waals surface area contributed by atoms with Crippen LogP contribution in [-0.4, -0.2) is 16.1 Å². The van der Waals surface area contributed by atoms with Crippen molar-refractivity contribution >= 4 is 22.4 Å². The molecule has 2 aromatic heterocycles. The summed E-state index contributed by atoms with van der Waals surface area (Å²) >= 11 is 0. The molecule has 0 radical (unpaired) electrons. The van der Waals surface area contributed by atoms with Gasteiger partial charge in [0.25, 0.3) is 5.56 Å². The average Bonchev–Trinajstić information content (AvgIpc) is 3.47. The second kappa shape index (κ2) is 6.30. The minimum Gasteiger partial charge on any atom is -0.339 e. The fourth-order valence-corrected chi connectivity index (χ4v) is 3.21. The molecule has 130 valence electrons. The zero-order valence-electron chi connectivity index (χ0n) is 14.9. The molecule has 1 aliphatic rings. The van der Waals surface area contributed by atoms with Crippen molar-refractivity contribution < 1.29 is 0 Å². The van der Waals surface area contributed by atoms with E-state index in [4.69, 9.17) is 0 Å². The smallest absolute Gasteiger partial charge is 0.252 e. The fraction of sp³-hybridized carbons (Fsp3) is 0.286. The van der Waals surface area contributed by atoms with Crippen molar-refractivity contribution in [2.45, 2.75) is 19.8 Å². The molecular formula is C21H20N4O. The van der Waals surface area contributed by atoms with E-state index in [-0.39, 0.29) is 5.56 Å². The standard InChI is InChI=1S/C21H20N4O/c1-14-3-8-17(9-4-14)25(13-15-5-6-15)19-11-20(26)24(2)18-10-7-16(12-22)23-21(18)19/h3-4,7-11,15H,5-6,13H2,1-2H3. The summed E-state index contributed by atoms with van der Waals surface area (Å²) in [6.45, 7) is 2.91. The number of benzene rings is 1. The molecule has 0 bridgehead atoms. The Bertz CT molecular complexity index is 1070. The van der Waals surface area contributed by atoms with Crippen LogP contribution in [0.3, 0.4) is 0 Å². The van der Waals surface area contributed by atoms with Gasteiger partial charge in [0.2, 0.25) is 0 Å². The number of pyridine rings is 2. The summed E-state index contributed by atoms with van der Waals surface area (Å²) < 4.78 is 1.58. The van der Waals surface area contributed by atoms with Crippen LogP contribution in [0.5, 0.6) is 0 Å². The van der Waals surface area contributed by atoms with Gasteiger partial charge >= 0.3 is 0 Å². The molecule has 0 spiro atoms. The number of anilines is 2. The average molecular weight is 344 g/mol. The monoisotopic (exact) mass is 344 g/mol. The topological polar surface area (TPSA) is 61.9 Å². The summed E-state index contributed by atoms with van der Waals surface area (Å²) in [4.78, 5) is 19.2. The molecule has 0 atom stereocenters. The van der Waals surface area contributed by atoms with E-state index < -0.39 is 0 Å². The molecule has 0 amide bonds. The van der Waals surface area contributed by atoms with E-state index in [1.54, 1.807) is 29.8 Å². The van der Waals surface area contributed by atoms with Gasteiger partial charge in [-0.05, 0) is 49.9 Å². The van der Waals surface area contributed by atoms with Gasteiger partial charge in [-0.3, -0.25) is 4.79 Å². The molecule has 1 saturated carbocycles. The number of rotatable bonds is 4. The number of hydrogen-bond donors (Lipinski definition) is 0. The summed E-state index contributed by atoms with van der Waals surface area (Å²) in [6, 6.07) is 15.5. The number of nitrogens with zero attached hydrogens (tertiary/aromatic N) is 4. The predicted molar refractivity (Wildman–Crippen MR) is 103 cm³/mol. The molecule has 4 rings (SSSR count). The molecule has 0 aliphatic heterocycles. The first-order valence-corrected chi connectivity index (χ1v) is 8.82. The predicted octanol–water partition coefficient (Wildman–Crippen LogP) is 3.66. The molecule has 0 unspecified atom stereocenters. The van der Waals surface area contributed by atoms with E-state index in [0.29, 0.717) is 17.1 Å². The Balaban J connectivity index is 1.96. The van der Waals surface area contributed by atoms with E-state index in [1.165, 1.54) is 18.4 Å². The first kappa shape index (κ1) is 16.3. The lowest BCUT2D eigenvalue weighted by Gasteiger charge is -2.26. The molecular weight excluding hydrogens is 324 g/mol. The third-order valence-electron chi connectivity index (χ3n) is 4.96. The quantitative estimate of drug-likeness (QED) is 0.724. The SMILES string of the molecule is Cc1ccc(N(CC2CC2)c2cc(=O)n(C)c3ccc(C#N)nc23)cc1. The summed E-state index contributed by atoms with van der Waals surface area (Å²) in [5.41, 5.74) is 4.71. The van der Waals surface area contributed by atoms with Gasteiger partial charge in [-0.1, -0.05) is 17.7 Å². The van der Waals surface area contributed by atoms with Crippen molar-refractivity contribution in [3.8, 4) is 6.07 Å². The van der Waals surface area contributed by atoms with E-state index in [0.717, 1.165) is 23.4 Å². The van der Waals surface area contributed by atoms with Crippen LogP contribution in [0.2, 0.25) is 0 Å². The molecule has 1 aromatic carbocycles. The van der Waals surface area contributed by atoms with E-state index in [9.17, 15) is 10.1 Å². The van der Waals surface area contributed by atoms with Gasteiger partial charge in [0.15, 0.2) is 0 Å². The van der Waals surface area contributed by atoms with Crippen molar-refractivity contribution in [1.29, 1.82) is 5.26 Å². The highest BCUT2D eigenvalue weighted by Crippen LogP contribution is 2.37. The minimum atomic E-state index is -0.0769. The molecule has 1 aliphatic carbocycles. The van der Waals surface area contributed by atoms with Crippen molar-refractivity contribution in [3.63, 3.8) is 0 Å². The van der Waals surface area contributed by atoms with Gasteiger partial charge in [0.1, 0.15) is 17.3 Å². The van der Waals surface area contributed by atoms with Gasteiger partial charge in [-0.2, -0.15) is 5.26 Å². The summed E-state index contributed by atoms with van der Waals surface area (Å²) in [5.74, 6) is 0.634. The highest BCUT2D eigenvalue weighted by Gasteiger charge is 2.27. The minimum absolute atomic E-state index is 0.0769. The Morgan fingerprint density at radius 1 is 1.23 bits per heavy atom. The molecule has 1 fully saturated rings. The second-order valence-corrected chi connectivity index (χ2v) is 6.99. The maximum atomic E-state index is 12.5. The van der Waals surface area contributed by atoms with Crippen LogP contribution < -0.4 is 10.5 Å². The van der Waals surface area contributed by atoms with Crippen LogP contribution in [0.15, 0.2) is 47.3 Å². The van der Waals surface area contributed by atoms with Gasteiger partial charge in [0.05, 0.1) is 11.2 Å².